The van der Waals surface area contributed by atoms with Crippen molar-refractivity contribution in [2.24, 2.45) is 5.50 Å². The van der Waals surface area contributed by atoms with Crippen LogP contribution in [-0.2, 0) is 0 Å². The molecular weight excluding hydrogens is 217 g/mol. The summed E-state index contributed by atoms with van der Waals surface area (Å²) in [4.78, 5) is 0. The highest BCUT2D eigenvalue weighted by atomic mass is 31.2. The van der Waals surface area contributed by atoms with E-state index in [4.69, 9.17) is 10.7 Å². The van der Waals surface area contributed by atoms with Gasteiger partial charge in [-0.1, -0.05) is 38.5 Å². The van der Waals surface area contributed by atoms with E-state index in [1.807, 2.05) is 0 Å². The first kappa shape index (κ1) is 12.6. The van der Waals surface area contributed by atoms with Crippen LogP contribution in [0.25, 0.3) is 0 Å². The first-order chi connectivity index (χ1) is 7.68. The summed E-state index contributed by atoms with van der Waals surface area (Å²) in [6.45, 7) is 0. The molecule has 0 spiro atoms. The van der Waals surface area contributed by atoms with Gasteiger partial charge >= 0.3 is 0 Å². The summed E-state index contributed by atoms with van der Waals surface area (Å²) in [6, 6.07) is 0.548. The Kier molecular flexibility index (Phi) is 4.46. The Morgan fingerprint density at radius 3 is 1.94 bits per heavy atom. The SMILES string of the molecule is N=P(N)(NC1CCCCC1)C1CCCCC1. The number of nitrogens with one attached hydrogen (secondary N) is 2. The van der Waals surface area contributed by atoms with Crippen molar-refractivity contribution in [1.29, 1.82) is 5.16 Å². The molecule has 0 aromatic rings. The maximum absolute atomic E-state index is 8.43. The van der Waals surface area contributed by atoms with Crippen LogP contribution >= 0.6 is 7.36 Å². The Morgan fingerprint density at radius 2 is 1.38 bits per heavy atom. The van der Waals surface area contributed by atoms with Gasteiger partial charge in [-0.3, -0.25) is 15.8 Å². The zero-order valence-corrected chi connectivity index (χ0v) is 11.1. The van der Waals surface area contributed by atoms with Gasteiger partial charge in [0.2, 0.25) is 0 Å². The number of hydrogen-bond acceptors (Lipinski definition) is 1. The molecule has 3 nitrogen and oxygen atoms in total. The van der Waals surface area contributed by atoms with Gasteiger partial charge in [-0.2, -0.15) is 0 Å². The van der Waals surface area contributed by atoms with Crippen LogP contribution in [0.1, 0.15) is 64.2 Å². The molecule has 4 heteroatoms. The second-order valence-corrected chi connectivity index (χ2v) is 8.08. The number of hydrogen-bond donors (Lipinski definition) is 3. The summed E-state index contributed by atoms with van der Waals surface area (Å²) in [6.07, 6.45) is 12.8. The first-order valence-electron chi connectivity index (χ1n) is 6.89. The van der Waals surface area contributed by atoms with E-state index in [2.05, 4.69) is 5.09 Å². The van der Waals surface area contributed by atoms with E-state index in [0.717, 1.165) is 0 Å². The highest BCUT2D eigenvalue weighted by molar-refractivity contribution is 7.61. The van der Waals surface area contributed by atoms with Crippen molar-refractivity contribution in [1.82, 2.24) is 5.09 Å². The molecule has 0 radical (unpaired) electrons. The van der Waals surface area contributed by atoms with Crippen LogP contribution in [0.3, 0.4) is 0 Å². The summed E-state index contributed by atoms with van der Waals surface area (Å²) >= 11 is 0. The first-order valence-corrected chi connectivity index (χ1v) is 8.81. The third-order valence-corrected chi connectivity index (χ3v) is 6.61. The normalized spacial score (nSPS) is 28.8. The fourth-order valence-electron chi connectivity index (χ4n) is 3.13. The van der Waals surface area contributed by atoms with Gasteiger partial charge in [0, 0.05) is 11.7 Å². The molecule has 16 heavy (non-hydrogen) atoms. The topological polar surface area (TPSA) is 61.9 Å². The summed E-state index contributed by atoms with van der Waals surface area (Å²) in [7, 11) is -2.09. The minimum atomic E-state index is -2.09. The molecule has 2 rings (SSSR count). The molecule has 0 saturated heterocycles. The lowest BCUT2D eigenvalue weighted by Gasteiger charge is -2.35. The van der Waals surface area contributed by atoms with Crippen LogP contribution < -0.4 is 10.6 Å². The fraction of sp³-hybridized carbons (Fsp3) is 1.00. The van der Waals surface area contributed by atoms with E-state index >= 15 is 0 Å². The second kappa shape index (κ2) is 5.66. The van der Waals surface area contributed by atoms with E-state index in [-0.39, 0.29) is 0 Å². The van der Waals surface area contributed by atoms with E-state index in [1.54, 1.807) is 0 Å². The predicted octanol–water partition coefficient (Wildman–Crippen LogP) is 3.81. The Labute approximate surface area is 99.5 Å². The van der Waals surface area contributed by atoms with Gasteiger partial charge in [0.15, 0.2) is 0 Å². The zero-order chi connectivity index (χ0) is 11.4. The average molecular weight is 243 g/mol. The highest BCUT2D eigenvalue weighted by Gasteiger charge is 2.28. The van der Waals surface area contributed by atoms with Gasteiger partial charge in [-0.05, 0) is 25.7 Å². The standard InChI is InChI=1S/C12H26N3P/c13-16(14,12-9-5-2-6-10-12)15-11-7-3-1-4-8-11/h11-12H,1-10H2,(H4,13,14,15). The molecule has 2 aliphatic carbocycles. The molecule has 1 atom stereocenters. The summed E-state index contributed by atoms with van der Waals surface area (Å²) in [5.41, 5.74) is 6.76. The van der Waals surface area contributed by atoms with Gasteiger partial charge in [0.05, 0.1) is 7.36 Å². The van der Waals surface area contributed by atoms with Crippen molar-refractivity contribution in [3.05, 3.63) is 0 Å². The van der Waals surface area contributed by atoms with Gasteiger partial charge in [0.25, 0.3) is 0 Å². The molecule has 0 aromatic heterocycles. The maximum Gasteiger partial charge on any atom is 0.0892 e. The molecule has 0 aromatic carbocycles. The Bertz CT molecular complexity index is 255. The van der Waals surface area contributed by atoms with E-state index in [1.165, 1.54) is 64.2 Å². The Balaban J connectivity index is 1.87. The molecule has 2 fully saturated rings. The van der Waals surface area contributed by atoms with E-state index < -0.39 is 7.36 Å². The van der Waals surface area contributed by atoms with Gasteiger partial charge in [-0.25, -0.2) is 0 Å². The van der Waals surface area contributed by atoms with Crippen molar-refractivity contribution in [3.8, 4) is 0 Å². The monoisotopic (exact) mass is 243 g/mol. The van der Waals surface area contributed by atoms with Crippen molar-refractivity contribution < 1.29 is 0 Å². The van der Waals surface area contributed by atoms with Crippen molar-refractivity contribution >= 4 is 7.36 Å². The zero-order valence-electron chi connectivity index (χ0n) is 10.3. The van der Waals surface area contributed by atoms with Crippen molar-refractivity contribution in [2.75, 3.05) is 0 Å². The van der Waals surface area contributed by atoms with Crippen LogP contribution in [0.15, 0.2) is 0 Å². The van der Waals surface area contributed by atoms with E-state index in [0.29, 0.717) is 11.7 Å². The van der Waals surface area contributed by atoms with Crippen LogP contribution in [0.2, 0.25) is 0 Å². The van der Waals surface area contributed by atoms with Crippen LogP contribution in [-0.4, -0.2) is 11.7 Å². The molecule has 4 N–H and O–H groups in total. The second-order valence-electron chi connectivity index (χ2n) is 5.53. The molecule has 0 amide bonds. The van der Waals surface area contributed by atoms with Crippen LogP contribution in [0.4, 0.5) is 0 Å². The molecule has 2 saturated carbocycles. The summed E-state index contributed by atoms with van der Waals surface area (Å²) in [5.74, 6) is 0. The average Bonchev–Trinajstić information content (AvgIpc) is 2.31. The predicted molar refractivity (Wildman–Crippen MR) is 70.7 cm³/mol. The summed E-state index contributed by atoms with van der Waals surface area (Å²) in [5, 5.41) is 12.0. The lowest BCUT2D eigenvalue weighted by Crippen LogP contribution is -2.35. The van der Waals surface area contributed by atoms with Crippen LogP contribution in [0.5, 0.6) is 0 Å². The van der Waals surface area contributed by atoms with Crippen molar-refractivity contribution in [3.63, 3.8) is 0 Å². The van der Waals surface area contributed by atoms with E-state index in [9.17, 15) is 0 Å². The Morgan fingerprint density at radius 1 is 0.875 bits per heavy atom. The van der Waals surface area contributed by atoms with Crippen LogP contribution in [0, 0.1) is 5.16 Å². The minimum Gasteiger partial charge on any atom is -0.290 e. The molecule has 0 bridgehead atoms. The quantitative estimate of drug-likeness (QED) is 0.660. The molecular formula is C12H26N3P. The number of rotatable bonds is 3. The minimum absolute atomic E-state index is 0.475. The van der Waals surface area contributed by atoms with Crippen molar-refractivity contribution in [2.45, 2.75) is 75.9 Å². The fourth-order valence-corrected chi connectivity index (χ4v) is 5.38. The smallest absolute Gasteiger partial charge is 0.0892 e. The molecule has 94 valence electrons. The molecule has 0 heterocycles. The highest BCUT2D eigenvalue weighted by Crippen LogP contribution is 2.47. The van der Waals surface area contributed by atoms with Gasteiger partial charge in [0.1, 0.15) is 0 Å². The molecule has 0 aliphatic heterocycles. The largest absolute Gasteiger partial charge is 0.290 e. The van der Waals surface area contributed by atoms with Gasteiger partial charge < -0.3 is 0 Å². The molecule has 2 aliphatic rings. The summed E-state index contributed by atoms with van der Waals surface area (Å²) < 4.78 is 0. The lowest BCUT2D eigenvalue weighted by molar-refractivity contribution is 0.415. The lowest BCUT2D eigenvalue weighted by atomic mass is 9.96. The van der Waals surface area contributed by atoms with Gasteiger partial charge in [-0.15, -0.1) is 0 Å². The number of nitrogens with two attached hydrogens (primary N) is 1. The maximum atomic E-state index is 8.43. The Hall–Kier alpha value is 0.150. The third kappa shape index (κ3) is 3.32. The molecule has 1 unspecified atom stereocenters. The third-order valence-electron chi connectivity index (χ3n) is 4.15.